The molecule has 0 fully saturated rings. The van der Waals surface area contributed by atoms with Crippen molar-refractivity contribution in [3.8, 4) is 23.0 Å². The van der Waals surface area contributed by atoms with Crippen LogP contribution in [0.4, 0.5) is 0 Å². The first-order valence-corrected chi connectivity index (χ1v) is 33.3. The lowest BCUT2D eigenvalue weighted by Gasteiger charge is -2.20. The van der Waals surface area contributed by atoms with Crippen molar-refractivity contribution >= 4 is 21.5 Å². The second-order valence-corrected chi connectivity index (χ2v) is 23.0. The average molecular weight is 1030 g/mol. The Bertz CT molecular complexity index is 1560. The van der Waals surface area contributed by atoms with E-state index in [0.717, 1.165) is 96.7 Å². The zero-order valence-corrected chi connectivity index (χ0v) is 49.9. The summed E-state index contributed by atoms with van der Waals surface area (Å²) in [4.78, 5) is 0. The fourth-order valence-electron chi connectivity index (χ4n) is 11.1. The van der Waals surface area contributed by atoms with Crippen molar-refractivity contribution in [2.75, 3.05) is 26.4 Å². The highest BCUT2D eigenvalue weighted by Crippen LogP contribution is 2.45. The van der Waals surface area contributed by atoms with Crippen LogP contribution in [0.1, 0.15) is 336 Å². The molecular formula is C70H122O4. The number of hydrogen-bond acceptors (Lipinski definition) is 4. The predicted molar refractivity (Wildman–Crippen MR) is 328 cm³/mol. The van der Waals surface area contributed by atoms with E-state index in [1.54, 1.807) is 0 Å². The van der Waals surface area contributed by atoms with Crippen LogP contribution >= 0.6 is 0 Å². The van der Waals surface area contributed by atoms with E-state index in [9.17, 15) is 0 Å². The van der Waals surface area contributed by atoms with Crippen molar-refractivity contribution in [3.05, 3.63) is 36.4 Å². The van der Waals surface area contributed by atoms with E-state index >= 15 is 0 Å². The van der Waals surface area contributed by atoms with Crippen LogP contribution in [0.25, 0.3) is 21.5 Å². The van der Waals surface area contributed by atoms with E-state index in [-0.39, 0.29) is 0 Å². The van der Waals surface area contributed by atoms with Gasteiger partial charge in [-0.05, 0) is 62.1 Å². The number of hydrogen-bond donors (Lipinski definition) is 0. The smallest absolute Gasteiger partial charge is 0.135 e. The molecule has 4 nitrogen and oxygen atoms in total. The first kappa shape index (κ1) is 65.7. The summed E-state index contributed by atoms with van der Waals surface area (Å²) in [6.45, 7) is 12.2. The largest absolute Gasteiger partial charge is 0.494 e. The van der Waals surface area contributed by atoms with Crippen LogP contribution in [0, 0.1) is 0 Å². The molecule has 426 valence electrons. The highest BCUT2D eigenvalue weighted by atomic mass is 16.5. The van der Waals surface area contributed by atoms with Crippen molar-refractivity contribution in [1.29, 1.82) is 0 Å². The van der Waals surface area contributed by atoms with Crippen LogP contribution in [0.15, 0.2) is 36.4 Å². The minimum Gasteiger partial charge on any atom is -0.494 e. The van der Waals surface area contributed by atoms with E-state index in [1.165, 1.54) is 283 Å². The molecule has 3 aromatic rings. The van der Waals surface area contributed by atoms with Gasteiger partial charge in [0, 0.05) is 21.5 Å². The van der Waals surface area contributed by atoms with E-state index in [1.807, 2.05) is 0 Å². The van der Waals surface area contributed by atoms with E-state index in [0.29, 0.717) is 0 Å². The number of benzene rings is 3. The molecule has 0 amide bonds. The number of unbranched alkanes of at least 4 members (excludes halogenated alkanes) is 44. The second kappa shape index (κ2) is 48.7. The Morgan fingerprint density at radius 2 is 0.392 bits per heavy atom. The van der Waals surface area contributed by atoms with E-state index < -0.39 is 0 Å². The zero-order valence-electron chi connectivity index (χ0n) is 49.9. The molecule has 3 aromatic carbocycles. The Morgan fingerprint density at radius 3 is 0.608 bits per heavy atom. The highest BCUT2D eigenvalue weighted by Gasteiger charge is 2.19. The molecule has 0 spiro atoms. The standard InChI is InChI=1S/C70H122O4/c1-5-9-13-17-21-25-29-33-37-41-45-49-57-71-63-53-55-65-67(61-63)69(73-59-51-47-43-39-35-31-27-23-19-15-11-7-3)66-56-54-64(72-58-50-46-42-38-34-30-26-22-18-14-10-6-2)62-68(66)70(65)74-60-52-48-44-40-36-32-28-24-20-16-12-8-4/h53-56,61-62H,5-52,57-60H2,1-4H3. The Morgan fingerprint density at radius 1 is 0.203 bits per heavy atom. The van der Waals surface area contributed by atoms with Gasteiger partial charge in [0.2, 0.25) is 0 Å². The lowest BCUT2D eigenvalue weighted by Crippen LogP contribution is -2.04. The monoisotopic (exact) mass is 1030 g/mol. The van der Waals surface area contributed by atoms with Crippen molar-refractivity contribution < 1.29 is 18.9 Å². The third kappa shape index (κ3) is 32.8. The van der Waals surface area contributed by atoms with Gasteiger partial charge < -0.3 is 18.9 Å². The lowest BCUT2D eigenvalue weighted by molar-refractivity contribution is 0.300. The van der Waals surface area contributed by atoms with Crippen molar-refractivity contribution in [2.24, 2.45) is 0 Å². The van der Waals surface area contributed by atoms with Crippen LogP contribution in [-0.4, -0.2) is 26.4 Å². The molecule has 74 heavy (non-hydrogen) atoms. The summed E-state index contributed by atoms with van der Waals surface area (Å²) in [5.74, 6) is 3.81. The van der Waals surface area contributed by atoms with Gasteiger partial charge in [-0.25, -0.2) is 0 Å². The van der Waals surface area contributed by atoms with Crippen molar-refractivity contribution in [3.63, 3.8) is 0 Å². The van der Waals surface area contributed by atoms with Gasteiger partial charge in [0.05, 0.1) is 26.4 Å². The van der Waals surface area contributed by atoms with E-state index in [4.69, 9.17) is 18.9 Å². The third-order valence-electron chi connectivity index (χ3n) is 16.0. The van der Waals surface area contributed by atoms with Gasteiger partial charge >= 0.3 is 0 Å². The van der Waals surface area contributed by atoms with Crippen LogP contribution in [0.5, 0.6) is 23.0 Å². The topological polar surface area (TPSA) is 36.9 Å². The fourth-order valence-corrected chi connectivity index (χ4v) is 11.1. The minimum absolute atomic E-state index is 0.724. The zero-order chi connectivity index (χ0) is 52.5. The van der Waals surface area contributed by atoms with Crippen LogP contribution in [0.3, 0.4) is 0 Å². The summed E-state index contributed by atoms with van der Waals surface area (Å²) in [7, 11) is 0. The van der Waals surface area contributed by atoms with Gasteiger partial charge in [-0.3, -0.25) is 0 Å². The summed E-state index contributed by atoms with van der Waals surface area (Å²) in [5, 5.41) is 4.46. The third-order valence-corrected chi connectivity index (χ3v) is 16.0. The number of rotatable bonds is 56. The first-order valence-electron chi connectivity index (χ1n) is 33.3. The first-order chi connectivity index (χ1) is 36.7. The molecule has 3 rings (SSSR count). The summed E-state index contributed by atoms with van der Waals surface area (Å²) in [5.41, 5.74) is 0. The molecule has 0 atom stereocenters. The summed E-state index contributed by atoms with van der Waals surface area (Å²) in [6.07, 6.45) is 64.6. The number of fused-ring (bicyclic) bond motifs is 2. The van der Waals surface area contributed by atoms with Crippen molar-refractivity contribution in [2.45, 2.75) is 336 Å². The quantitative estimate of drug-likeness (QED) is 0.0417. The maximum Gasteiger partial charge on any atom is 0.135 e. The van der Waals surface area contributed by atoms with Crippen LogP contribution in [0.2, 0.25) is 0 Å². The Hall–Kier alpha value is -2.62. The number of ether oxygens (including phenoxy) is 4. The summed E-state index contributed by atoms with van der Waals surface area (Å²) < 4.78 is 27.0. The highest BCUT2D eigenvalue weighted by molar-refractivity contribution is 6.11. The molecule has 0 bridgehead atoms. The van der Waals surface area contributed by atoms with Crippen LogP contribution < -0.4 is 18.9 Å². The molecule has 0 aliphatic heterocycles. The molecule has 0 saturated carbocycles. The molecule has 0 aromatic heterocycles. The maximum absolute atomic E-state index is 6.95. The van der Waals surface area contributed by atoms with Gasteiger partial charge in [-0.15, -0.1) is 0 Å². The summed E-state index contributed by atoms with van der Waals surface area (Å²) >= 11 is 0. The van der Waals surface area contributed by atoms with Crippen LogP contribution in [-0.2, 0) is 0 Å². The lowest BCUT2D eigenvalue weighted by atomic mass is 9.99. The van der Waals surface area contributed by atoms with Gasteiger partial charge in [-0.1, -0.05) is 310 Å². The fraction of sp³-hybridized carbons (Fsp3) is 0.800. The van der Waals surface area contributed by atoms with Gasteiger partial charge in [-0.2, -0.15) is 0 Å². The minimum atomic E-state index is 0.724. The molecule has 0 unspecified atom stereocenters. The van der Waals surface area contributed by atoms with Gasteiger partial charge in [0.15, 0.2) is 0 Å². The Kier molecular flexibility index (Phi) is 43.2. The predicted octanol–water partition coefficient (Wildman–Crippen LogP) is 24.3. The molecule has 4 heteroatoms. The molecule has 0 heterocycles. The molecule has 0 aliphatic carbocycles. The Balaban J connectivity index is 1.68. The summed E-state index contributed by atoms with van der Waals surface area (Å²) in [6, 6.07) is 13.4. The van der Waals surface area contributed by atoms with Gasteiger partial charge in [0.1, 0.15) is 23.0 Å². The Labute approximate surface area is 460 Å². The van der Waals surface area contributed by atoms with Crippen molar-refractivity contribution in [1.82, 2.24) is 0 Å². The van der Waals surface area contributed by atoms with E-state index in [2.05, 4.69) is 64.1 Å². The molecular weight excluding hydrogens is 905 g/mol. The van der Waals surface area contributed by atoms with Gasteiger partial charge in [0.25, 0.3) is 0 Å². The molecule has 0 aliphatic rings. The second-order valence-electron chi connectivity index (χ2n) is 23.0. The molecule has 0 saturated heterocycles. The molecule has 0 N–H and O–H groups in total. The molecule has 0 radical (unpaired) electrons. The average Bonchev–Trinajstić information content (AvgIpc) is 3.41. The SMILES string of the molecule is CCCCCCCCCCCCCCOc1ccc2c(OCCCCCCCCCCCCCC)c3cc(OCCCCCCCCCCCCCC)ccc3c(OCCCCCCCCCCCCCC)c2c1. The normalized spacial score (nSPS) is 11.6. The maximum atomic E-state index is 6.95.